The van der Waals surface area contributed by atoms with Crippen molar-refractivity contribution in [2.75, 3.05) is 5.32 Å². The number of benzene rings is 2. The second-order valence-electron chi connectivity index (χ2n) is 5.30. The van der Waals surface area contributed by atoms with Crippen molar-refractivity contribution in [3.05, 3.63) is 54.4 Å². The topological polar surface area (TPSA) is 58.5 Å². The van der Waals surface area contributed by atoms with E-state index in [-0.39, 0.29) is 0 Å². The number of hydrogen-bond donors (Lipinski definition) is 2. The van der Waals surface area contributed by atoms with Crippen LogP contribution in [0.4, 0.5) is 5.95 Å². The molecule has 0 aliphatic rings. The minimum atomic E-state index is 0.691. The summed E-state index contributed by atoms with van der Waals surface area (Å²) in [5.74, 6) is 0.691. The number of aromatic amines is 1. The van der Waals surface area contributed by atoms with Gasteiger partial charge in [-0.15, -0.1) is 0 Å². The lowest BCUT2D eigenvalue weighted by Crippen LogP contribution is -2.01. The molecule has 0 spiro atoms. The summed E-state index contributed by atoms with van der Waals surface area (Å²) in [7, 11) is 0. The largest absolute Gasteiger partial charge is 0.351 e. The molecule has 0 unspecified atom stereocenters. The van der Waals surface area contributed by atoms with E-state index < -0.39 is 0 Å². The highest BCUT2D eigenvalue weighted by molar-refractivity contribution is 6.08. The van der Waals surface area contributed by atoms with E-state index in [0.29, 0.717) is 5.95 Å². The Bertz CT molecular complexity index is 921. The summed E-state index contributed by atoms with van der Waals surface area (Å²) in [6, 6.07) is 15.2. The van der Waals surface area contributed by atoms with Crippen LogP contribution in [0.5, 0.6) is 0 Å². The van der Waals surface area contributed by atoms with E-state index in [0.717, 1.165) is 13.1 Å². The molecule has 4 rings (SSSR count). The molecule has 5 nitrogen and oxygen atoms in total. The molecule has 0 radical (unpaired) electrons. The Hall–Kier alpha value is -2.82. The first-order valence-electron chi connectivity index (χ1n) is 7.46. The summed E-state index contributed by atoms with van der Waals surface area (Å²) in [4.78, 5) is 4.08. The van der Waals surface area contributed by atoms with Crippen molar-refractivity contribution in [2.24, 2.45) is 0 Å². The Morgan fingerprint density at radius 2 is 1.95 bits per heavy atom. The Balaban J connectivity index is 1.78. The standard InChI is InChI=1S/C17H17N5/c1-2-22-15-6-4-3-5-13(15)14-9-12(7-8-16(14)22)10-18-17-19-11-20-21-17/h3-9,11H,2,10H2,1H3,(H2,18,19,20,21). The molecule has 110 valence electrons. The van der Waals surface area contributed by atoms with Crippen molar-refractivity contribution in [3.8, 4) is 0 Å². The zero-order valence-electron chi connectivity index (χ0n) is 12.4. The van der Waals surface area contributed by atoms with Gasteiger partial charge in [-0.3, -0.25) is 0 Å². The minimum Gasteiger partial charge on any atom is -0.351 e. The number of nitrogens with zero attached hydrogens (tertiary/aromatic N) is 3. The third-order valence-electron chi connectivity index (χ3n) is 4.03. The van der Waals surface area contributed by atoms with Gasteiger partial charge in [-0.1, -0.05) is 24.3 Å². The van der Waals surface area contributed by atoms with E-state index in [1.54, 1.807) is 0 Å². The van der Waals surface area contributed by atoms with Gasteiger partial charge in [0.2, 0.25) is 5.95 Å². The number of hydrogen-bond acceptors (Lipinski definition) is 3. The molecule has 0 aliphatic carbocycles. The SMILES string of the molecule is CCn1c2ccccc2c2cc(CNc3ncn[nH]3)ccc21. The fraction of sp³-hybridized carbons (Fsp3) is 0.176. The van der Waals surface area contributed by atoms with Crippen LogP contribution >= 0.6 is 0 Å². The van der Waals surface area contributed by atoms with E-state index in [9.17, 15) is 0 Å². The lowest BCUT2D eigenvalue weighted by Gasteiger charge is -2.05. The molecule has 22 heavy (non-hydrogen) atoms. The summed E-state index contributed by atoms with van der Waals surface area (Å²) in [6.07, 6.45) is 1.50. The van der Waals surface area contributed by atoms with E-state index in [1.807, 2.05) is 0 Å². The number of H-pyrrole nitrogens is 1. The first kappa shape index (κ1) is 12.9. The van der Waals surface area contributed by atoms with Crippen molar-refractivity contribution >= 4 is 27.8 Å². The molecule has 0 saturated carbocycles. The summed E-state index contributed by atoms with van der Waals surface area (Å²) in [6.45, 7) is 3.88. The Morgan fingerprint density at radius 3 is 2.77 bits per heavy atom. The lowest BCUT2D eigenvalue weighted by molar-refractivity contribution is 0.827. The van der Waals surface area contributed by atoms with Gasteiger partial charge in [0, 0.05) is 34.9 Å². The molecule has 0 saturated heterocycles. The molecule has 0 aliphatic heterocycles. The van der Waals surface area contributed by atoms with Crippen molar-refractivity contribution in [2.45, 2.75) is 20.0 Å². The van der Waals surface area contributed by atoms with Crippen molar-refractivity contribution < 1.29 is 0 Å². The maximum absolute atomic E-state index is 4.08. The normalized spacial score (nSPS) is 11.3. The number of rotatable bonds is 4. The van der Waals surface area contributed by atoms with Gasteiger partial charge in [0.1, 0.15) is 6.33 Å². The monoisotopic (exact) mass is 291 g/mol. The molecule has 2 N–H and O–H groups in total. The third-order valence-corrected chi connectivity index (χ3v) is 4.03. The molecule has 5 heteroatoms. The zero-order chi connectivity index (χ0) is 14.9. The molecule has 0 amide bonds. The highest BCUT2D eigenvalue weighted by Crippen LogP contribution is 2.29. The number of fused-ring (bicyclic) bond motifs is 3. The summed E-state index contributed by atoms with van der Waals surface area (Å²) in [5.41, 5.74) is 3.80. The average Bonchev–Trinajstić information content (AvgIpc) is 3.18. The molecular weight excluding hydrogens is 274 g/mol. The van der Waals surface area contributed by atoms with Gasteiger partial charge in [-0.05, 0) is 30.7 Å². The predicted octanol–water partition coefficient (Wildman–Crippen LogP) is 3.54. The van der Waals surface area contributed by atoms with Gasteiger partial charge in [0.15, 0.2) is 0 Å². The van der Waals surface area contributed by atoms with Gasteiger partial charge >= 0.3 is 0 Å². The van der Waals surface area contributed by atoms with Crippen LogP contribution in [0.15, 0.2) is 48.8 Å². The van der Waals surface area contributed by atoms with Crippen molar-refractivity contribution in [1.29, 1.82) is 0 Å². The maximum atomic E-state index is 4.08. The second kappa shape index (κ2) is 5.18. The Morgan fingerprint density at radius 1 is 1.09 bits per heavy atom. The van der Waals surface area contributed by atoms with Crippen molar-refractivity contribution in [1.82, 2.24) is 19.7 Å². The van der Waals surface area contributed by atoms with Gasteiger partial charge in [-0.2, -0.15) is 5.10 Å². The third kappa shape index (κ3) is 2.02. The van der Waals surface area contributed by atoms with Crippen molar-refractivity contribution in [3.63, 3.8) is 0 Å². The van der Waals surface area contributed by atoms with Crippen LogP contribution in [0.25, 0.3) is 21.8 Å². The second-order valence-corrected chi connectivity index (χ2v) is 5.30. The Kier molecular flexibility index (Phi) is 3.04. The van der Waals surface area contributed by atoms with E-state index in [1.165, 1.54) is 33.7 Å². The molecule has 4 aromatic rings. The smallest absolute Gasteiger partial charge is 0.218 e. The van der Waals surface area contributed by atoms with E-state index in [2.05, 4.69) is 74.5 Å². The number of aromatic nitrogens is 4. The quantitative estimate of drug-likeness (QED) is 0.604. The van der Waals surface area contributed by atoms with Gasteiger partial charge < -0.3 is 9.88 Å². The minimum absolute atomic E-state index is 0.691. The molecule has 0 atom stereocenters. The fourth-order valence-electron chi connectivity index (χ4n) is 3.03. The molecule has 0 bridgehead atoms. The van der Waals surface area contributed by atoms with Gasteiger partial charge in [0.05, 0.1) is 0 Å². The van der Waals surface area contributed by atoms with E-state index in [4.69, 9.17) is 0 Å². The van der Waals surface area contributed by atoms with Crippen LogP contribution < -0.4 is 5.32 Å². The first-order chi connectivity index (χ1) is 10.9. The van der Waals surface area contributed by atoms with Crippen LogP contribution in [0.2, 0.25) is 0 Å². The number of nitrogens with one attached hydrogen (secondary N) is 2. The Labute approximate surface area is 128 Å². The highest BCUT2D eigenvalue weighted by Gasteiger charge is 2.09. The van der Waals surface area contributed by atoms with Crippen LogP contribution in [-0.4, -0.2) is 19.7 Å². The maximum Gasteiger partial charge on any atom is 0.218 e. The van der Waals surface area contributed by atoms with Crippen LogP contribution in [-0.2, 0) is 13.1 Å². The summed E-state index contributed by atoms with van der Waals surface area (Å²) >= 11 is 0. The number of anilines is 1. The molecule has 2 heterocycles. The molecule has 2 aromatic heterocycles. The zero-order valence-corrected chi connectivity index (χ0v) is 12.4. The highest BCUT2D eigenvalue weighted by atomic mass is 15.3. The first-order valence-corrected chi connectivity index (χ1v) is 7.46. The average molecular weight is 291 g/mol. The predicted molar refractivity (Wildman–Crippen MR) is 88.8 cm³/mol. The summed E-state index contributed by atoms with van der Waals surface area (Å²) < 4.78 is 2.36. The molecule has 0 fully saturated rings. The van der Waals surface area contributed by atoms with Gasteiger partial charge in [-0.25, -0.2) is 10.1 Å². The fourth-order valence-corrected chi connectivity index (χ4v) is 3.03. The molecular formula is C17H17N5. The number of aryl methyl sites for hydroxylation is 1. The summed E-state index contributed by atoms with van der Waals surface area (Å²) in [5, 5.41) is 12.5. The van der Waals surface area contributed by atoms with Crippen LogP contribution in [0.3, 0.4) is 0 Å². The lowest BCUT2D eigenvalue weighted by atomic mass is 10.1. The van der Waals surface area contributed by atoms with Crippen LogP contribution in [0.1, 0.15) is 12.5 Å². The van der Waals surface area contributed by atoms with E-state index >= 15 is 0 Å². The number of para-hydroxylation sites is 1. The van der Waals surface area contributed by atoms with Crippen LogP contribution in [0, 0.1) is 0 Å². The molecule has 2 aromatic carbocycles. The van der Waals surface area contributed by atoms with Gasteiger partial charge in [0.25, 0.3) is 0 Å².